The molecule has 20 heavy (non-hydrogen) atoms. The predicted molar refractivity (Wildman–Crippen MR) is 85.9 cm³/mol. The molecule has 1 N–H and O–H groups in total. The van der Waals surface area contributed by atoms with Crippen molar-refractivity contribution in [2.24, 2.45) is 0 Å². The Morgan fingerprint density at radius 1 is 1.40 bits per heavy atom. The van der Waals surface area contributed by atoms with Crippen molar-refractivity contribution in [2.75, 3.05) is 11.9 Å². The van der Waals surface area contributed by atoms with E-state index in [0.717, 1.165) is 9.47 Å². The second-order valence-corrected chi connectivity index (χ2v) is 7.24. The van der Waals surface area contributed by atoms with E-state index >= 15 is 0 Å². The minimum Gasteiger partial charge on any atom is -0.389 e. The Kier molecular flexibility index (Phi) is 4.83. The molecule has 0 spiro atoms. The largest absolute Gasteiger partial charge is 0.389 e. The molecule has 2 aromatic rings. The lowest BCUT2D eigenvalue weighted by Gasteiger charge is -2.24. The van der Waals surface area contributed by atoms with Crippen LogP contribution in [0, 0.1) is 12.7 Å². The molecule has 1 heterocycles. The summed E-state index contributed by atoms with van der Waals surface area (Å²) in [6.07, 6.45) is -0.697. The van der Waals surface area contributed by atoms with Gasteiger partial charge in [0.15, 0.2) is 0 Å². The molecule has 2 nitrogen and oxygen atoms in total. The van der Waals surface area contributed by atoms with Gasteiger partial charge >= 0.3 is 0 Å². The summed E-state index contributed by atoms with van der Waals surface area (Å²) < 4.78 is 14.8. The lowest BCUT2D eigenvalue weighted by molar-refractivity contribution is 0.199. The minimum absolute atomic E-state index is 0.281. The Hall–Kier alpha value is -0.910. The monoisotopic (exact) mass is 357 g/mol. The van der Waals surface area contributed by atoms with Gasteiger partial charge in [0.25, 0.3) is 0 Å². The summed E-state index contributed by atoms with van der Waals surface area (Å²) >= 11 is 5.09. The Balaban J connectivity index is 2.33. The Morgan fingerprint density at radius 2 is 2.10 bits per heavy atom. The standard InChI is InChI=1S/C15H17BrFNOS/c1-9-4-14(12(10(2)19)6-13(9)17)18(3)7-11-5-15(16)20-8-11/h4-6,8,10,19H,7H2,1-3H3. The number of anilines is 1. The predicted octanol–water partition coefficient (Wildman–Crippen LogP) is 4.65. The van der Waals surface area contributed by atoms with Gasteiger partial charge in [0.2, 0.25) is 0 Å². The molecule has 108 valence electrons. The molecule has 0 radical (unpaired) electrons. The number of hydrogen-bond acceptors (Lipinski definition) is 3. The van der Waals surface area contributed by atoms with Crippen LogP contribution in [0.3, 0.4) is 0 Å². The highest BCUT2D eigenvalue weighted by Gasteiger charge is 2.15. The van der Waals surface area contributed by atoms with E-state index in [1.165, 1.54) is 11.6 Å². The first kappa shape index (κ1) is 15.5. The average Bonchev–Trinajstić information content (AvgIpc) is 2.77. The van der Waals surface area contributed by atoms with E-state index in [-0.39, 0.29) is 5.82 Å². The number of rotatable bonds is 4. The molecule has 1 aromatic heterocycles. The van der Waals surface area contributed by atoms with Crippen LogP contribution in [0.25, 0.3) is 0 Å². The van der Waals surface area contributed by atoms with Gasteiger partial charge in [0.1, 0.15) is 5.82 Å². The molecule has 0 bridgehead atoms. The number of aliphatic hydroxyl groups is 1. The Bertz CT molecular complexity index is 612. The molecule has 0 fully saturated rings. The van der Waals surface area contributed by atoms with Crippen LogP contribution in [-0.4, -0.2) is 12.2 Å². The van der Waals surface area contributed by atoms with Crippen LogP contribution in [0.5, 0.6) is 0 Å². The molecule has 0 saturated heterocycles. The maximum Gasteiger partial charge on any atom is 0.126 e. The zero-order chi connectivity index (χ0) is 14.9. The van der Waals surface area contributed by atoms with Gasteiger partial charge in [-0.25, -0.2) is 4.39 Å². The zero-order valence-corrected chi connectivity index (χ0v) is 14.1. The van der Waals surface area contributed by atoms with Crippen molar-refractivity contribution < 1.29 is 9.50 Å². The maximum absolute atomic E-state index is 13.7. The molecule has 1 aromatic carbocycles. The SMILES string of the molecule is Cc1cc(N(C)Cc2csc(Br)c2)c(C(C)O)cc1F. The summed E-state index contributed by atoms with van der Waals surface area (Å²) in [5.41, 5.74) is 3.25. The molecular weight excluding hydrogens is 341 g/mol. The number of aliphatic hydroxyl groups excluding tert-OH is 1. The number of hydrogen-bond donors (Lipinski definition) is 1. The summed E-state index contributed by atoms with van der Waals surface area (Å²) in [4.78, 5) is 2.03. The van der Waals surface area contributed by atoms with Gasteiger partial charge in [-0.1, -0.05) is 0 Å². The van der Waals surface area contributed by atoms with Crippen molar-refractivity contribution in [1.29, 1.82) is 0 Å². The number of thiophene rings is 1. The fourth-order valence-corrected chi connectivity index (χ4v) is 3.33. The molecule has 5 heteroatoms. The van der Waals surface area contributed by atoms with Crippen molar-refractivity contribution in [3.8, 4) is 0 Å². The first-order chi connectivity index (χ1) is 9.38. The highest BCUT2D eigenvalue weighted by atomic mass is 79.9. The van der Waals surface area contributed by atoms with Crippen LogP contribution < -0.4 is 4.90 Å². The number of aryl methyl sites for hydroxylation is 1. The molecule has 0 aliphatic heterocycles. The smallest absolute Gasteiger partial charge is 0.126 e. The van der Waals surface area contributed by atoms with Crippen molar-refractivity contribution in [3.63, 3.8) is 0 Å². The van der Waals surface area contributed by atoms with Crippen LogP contribution in [0.1, 0.15) is 29.7 Å². The highest BCUT2D eigenvalue weighted by Crippen LogP contribution is 2.30. The molecule has 2 rings (SSSR count). The number of nitrogens with zero attached hydrogens (tertiary/aromatic N) is 1. The van der Waals surface area contributed by atoms with Crippen molar-refractivity contribution in [1.82, 2.24) is 0 Å². The summed E-state index contributed by atoms with van der Waals surface area (Å²) in [6, 6.07) is 5.29. The maximum atomic E-state index is 13.7. The first-order valence-electron chi connectivity index (χ1n) is 6.30. The minimum atomic E-state index is -0.697. The van der Waals surface area contributed by atoms with E-state index in [4.69, 9.17) is 0 Å². The highest BCUT2D eigenvalue weighted by molar-refractivity contribution is 9.11. The normalized spacial score (nSPS) is 12.5. The van der Waals surface area contributed by atoms with Crippen LogP contribution in [0.4, 0.5) is 10.1 Å². The lowest BCUT2D eigenvalue weighted by atomic mass is 10.0. The quantitative estimate of drug-likeness (QED) is 0.860. The average molecular weight is 358 g/mol. The Morgan fingerprint density at radius 3 is 2.65 bits per heavy atom. The molecule has 0 amide bonds. The van der Waals surface area contributed by atoms with Crippen molar-refractivity contribution >= 4 is 33.0 Å². The number of benzene rings is 1. The molecule has 1 atom stereocenters. The van der Waals surface area contributed by atoms with Gasteiger partial charge in [0.05, 0.1) is 9.89 Å². The van der Waals surface area contributed by atoms with Gasteiger partial charge in [-0.2, -0.15) is 0 Å². The van der Waals surface area contributed by atoms with Gasteiger partial charge < -0.3 is 10.0 Å². The molecule has 0 saturated carbocycles. The van der Waals surface area contributed by atoms with Gasteiger partial charge in [-0.15, -0.1) is 11.3 Å². The van der Waals surface area contributed by atoms with E-state index in [1.54, 1.807) is 31.3 Å². The third-order valence-corrected chi connectivity index (χ3v) is 4.76. The second kappa shape index (κ2) is 6.24. The van der Waals surface area contributed by atoms with Crippen LogP contribution in [0.15, 0.2) is 27.4 Å². The van der Waals surface area contributed by atoms with Gasteiger partial charge in [-0.05, 0) is 64.5 Å². The summed E-state index contributed by atoms with van der Waals surface area (Å²) in [6.45, 7) is 4.11. The molecule has 0 aliphatic carbocycles. The second-order valence-electron chi connectivity index (χ2n) is 4.95. The van der Waals surface area contributed by atoms with Crippen LogP contribution >= 0.6 is 27.3 Å². The van der Waals surface area contributed by atoms with E-state index in [2.05, 4.69) is 27.4 Å². The summed E-state index contributed by atoms with van der Waals surface area (Å²) in [5.74, 6) is -0.281. The summed E-state index contributed by atoms with van der Waals surface area (Å²) in [7, 11) is 1.95. The Labute approximate surface area is 131 Å². The van der Waals surface area contributed by atoms with E-state index < -0.39 is 6.10 Å². The van der Waals surface area contributed by atoms with E-state index in [1.807, 2.05) is 11.9 Å². The zero-order valence-electron chi connectivity index (χ0n) is 11.7. The molecular formula is C15H17BrFNOS. The lowest BCUT2D eigenvalue weighted by Crippen LogP contribution is -2.19. The fraction of sp³-hybridized carbons (Fsp3) is 0.333. The van der Waals surface area contributed by atoms with Gasteiger partial charge in [-0.3, -0.25) is 0 Å². The first-order valence-corrected chi connectivity index (χ1v) is 7.98. The van der Waals surface area contributed by atoms with E-state index in [9.17, 15) is 9.50 Å². The van der Waals surface area contributed by atoms with E-state index in [0.29, 0.717) is 17.7 Å². The van der Waals surface area contributed by atoms with Crippen molar-refractivity contribution in [2.45, 2.75) is 26.5 Å². The fourth-order valence-electron chi connectivity index (χ4n) is 2.13. The number of halogens is 2. The van der Waals surface area contributed by atoms with Crippen LogP contribution in [-0.2, 0) is 6.54 Å². The van der Waals surface area contributed by atoms with Crippen molar-refractivity contribution in [3.05, 3.63) is 49.9 Å². The summed E-state index contributed by atoms with van der Waals surface area (Å²) in [5, 5.41) is 11.9. The van der Waals surface area contributed by atoms with Gasteiger partial charge in [0, 0.05) is 24.8 Å². The molecule has 1 unspecified atom stereocenters. The third-order valence-electron chi connectivity index (χ3n) is 3.21. The molecule has 0 aliphatic rings. The topological polar surface area (TPSA) is 23.5 Å². The third kappa shape index (κ3) is 3.40. The van der Waals surface area contributed by atoms with Crippen LogP contribution in [0.2, 0.25) is 0 Å².